The van der Waals surface area contributed by atoms with Crippen LogP contribution in [0.3, 0.4) is 0 Å². The SMILES string of the molecule is CCCN1CCCN(C(=O)C2COc3ccccc3C2)CC1=O. The van der Waals surface area contributed by atoms with Crippen molar-refractivity contribution in [3.05, 3.63) is 29.8 Å². The molecule has 1 aromatic rings. The Morgan fingerprint density at radius 1 is 1.30 bits per heavy atom. The van der Waals surface area contributed by atoms with Gasteiger partial charge in [-0.25, -0.2) is 0 Å². The zero-order valence-corrected chi connectivity index (χ0v) is 13.7. The fourth-order valence-corrected chi connectivity index (χ4v) is 3.36. The third-order valence-electron chi connectivity index (χ3n) is 4.57. The van der Waals surface area contributed by atoms with Crippen molar-refractivity contribution in [1.82, 2.24) is 9.80 Å². The van der Waals surface area contributed by atoms with Crippen molar-refractivity contribution in [1.29, 1.82) is 0 Å². The number of carbonyl (C=O) groups is 2. The Hall–Kier alpha value is -2.04. The van der Waals surface area contributed by atoms with Gasteiger partial charge in [0.25, 0.3) is 0 Å². The van der Waals surface area contributed by atoms with Crippen LogP contribution < -0.4 is 4.74 Å². The van der Waals surface area contributed by atoms with Gasteiger partial charge in [-0.2, -0.15) is 0 Å². The summed E-state index contributed by atoms with van der Waals surface area (Å²) in [6.07, 6.45) is 2.49. The molecule has 3 rings (SSSR count). The van der Waals surface area contributed by atoms with Crippen LogP contribution in [-0.2, 0) is 16.0 Å². The van der Waals surface area contributed by atoms with Gasteiger partial charge in [0.2, 0.25) is 11.8 Å². The third-order valence-corrected chi connectivity index (χ3v) is 4.57. The van der Waals surface area contributed by atoms with Crippen molar-refractivity contribution in [3.63, 3.8) is 0 Å². The topological polar surface area (TPSA) is 49.9 Å². The lowest BCUT2D eigenvalue weighted by Gasteiger charge is -2.29. The Morgan fingerprint density at radius 2 is 2.13 bits per heavy atom. The quantitative estimate of drug-likeness (QED) is 0.853. The van der Waals surface area contributed by atoms with Crippen LogP contribution in [0.15, 0.2) is 24.3 Å². The molecule has 5 nitrogen and oxygen atoms in total. The molecular weight excluding hydrogens is 292 g/mol. The number of nitrogens with zero attached hydrogens (tertiary/aromatic N) is 2. The minimum atomic E-state index is -0.185. The zero-order chi connectivity index (χ0) is 16.2. The highest BCUT2D eigenvalue weighted by molar-refractivity contribution is 5.86. The minimum Gasteiger partial charge on any atom is -0.492 e. The highest BCUT2D eigenvalue weighted by Crippen LogP contribution is 2.28. The smallest absolute Gasteiger partial charge is 0.242 e. The molecule has 0 aliphatic carbocycles. The molecule has 1 atom stereocenters. The molecule has 2 aliphatic heterocycles. The first-order chi connectivity index (χ1) is 11.2. The Bertz CT molecular complexity index is 587. The molecule has 23 heavy (non-hydrogen) atoms. The zero-order valence-electron chi connectivity index (χ0n) is 13.7. The van der Waals surface area contributed by atoms with Crippen molar-refractivity contribution in [2.24, 2.45) is 5.92 Å². The van der Waals surface area contributed by atoms with Gasteiger partial charge in [0.05, 0.1) is 12.5 Å². The summed E-state index contributed by atoms with van der Waals surface area (Å²) in [6, 6.07) is 7.85. The Morgan fingerprint density at radius 3 is 2.96 bits per heavy atom. The predicted molar refractivity (Wildman–Crippen MR) is 87.2 cm³/mol. The summed E-state index contributed by atoms with van der Waals surface area (Å²) in [5.41, 5.74) is 1.07. The van der Waals surface area contributed by atoms with Crippen LogP contribution in [-0.4, -0.2) is 54.4 Å². The van der Waals surface area contributed by atoms with Crippen LogP contribution in [0.25, 0.3) is 0 Å². The molecule has 0 bridgehead atoms. The molecule has 0 spiro atoms. The first-order valence-corrected chi connectivity index (χ1v) is 8.46. The van der Waals surface area contributed by atoms with Crippen molar-refractivity contribution in [3.8, 4) is 5.75 Å². The first kappa shape index (κ1) is 15.8. The fraction of sp³-hybridized carbons (Fsp3) is 0.556. The van der Waals surface area contributed by atoms with E-state index in [1.165, 1.54) is 0 Å². The summed E-state index contributed by atoms with van der Waals surface area (Å²) >= 11 is 0. The molecule has 1 fully saturated rings. The number of para-hydroxylation sites is 1. The summed E-state index contributed by atoms with van der Waals surface area (Å²) in [4.78, 5) is 28.7. The van der Waals surface area contributed by atoms with E-state index in [1.54, 1.807) is 4.90 Å². The number of ether oxygens (including phenoxy) is 1. The Kier molecular flexibility index (Phi) is 4.84. The van der Waals surface area contributed by atoms with Gasteiger partial charge in [0.1, 0.15) is 12.4 Å². The van der Waals surface area contributed by atoms with Crippen molar-refractivity contribution in [2.75, 3.05) is 32.8 Å². The van der Waals surface area contributed by atoms with E-state index in [9.17, 15) is 9.59 Å². The normalized spacial score (nSPS) is 21.4. The molecule has 0 aromatic heterocycles. The third kappa shape index (κ3) is 3.49. The van der Waals surface area contributed by atoms with Gasteiger partial charge in [0, 0.05) is 19.6 Å². The lowest BCUT2D eigenvalue weighted by molar-refractivity contribution is -0.142. The molecule has 0 N–H and O–H groups in total. The van der Waals surface area contributed by atoms with E-state index in [0.717, 1.165) is 37.2 Å². The number of carbonyl (C=O) groups excluding carboxylic acids is 2. The van der Waals surface area contributed by atoms with Gasteiger partial charge < -0.3 is 14.5 Å². The molecule has 1 saturated heterocycles. The van der Waals surface area contributed by atoms with Crippen LogP contribution in [0, 0.1) is 5.92 Å². The first-order valence-electron chi connectivity index (χ1n) is 8.46. The molecule has 1 unspecified atom stereocenters. The molecule has 2 aliphatic rings. The van der Waals surface area contributed by atoms with Gasteiger partial charge in [0.15, 0.2) is 0 Å². The number of hydrogen-bond donors (Lipinski definition) is 0. The molecular formula is C18H24N2O3. The van der Waals surface area contributed by atoms with Crippen LogP contribution in [0.2, 0.25) is 0 Å². The minimum absolute atomic E-state index is 0.0474. The number of rotatable bonds is 3. The van der Waals surface area contributed by atoms with Crippen LogP contribution in [0.1, 0.15) is 25.3 Å². The van der Waals surface area contributed by atoms with E-state index in [0.29, 0.717) is 19.6 Å². The standard InChI is InChI=1S/C18H24N2O3/c1-2-8-19-9-5-10-20(12-17(19)21)18(22)15-11-14-6-3-4-7-16(14)23-13-15/h3-4,6-7,15H,2,5,8-13H2,1H3. The van der Waals surface area contributed by atoms with Gasteiger partial charge in [-0.1, -0.05) is 25.1 Å². The van der Waals surface area contributed by atoms with Crippen molar-refractivity contribution in [2.45, 2.75) is 26.2 Å². The van der Waals surface area contributed by atoms with Gasteiger partial charge >= 0.3 is 0 Å². The summed E-state index contributed by atoms with van der Waals surface area (Å²) in [7, 11) is 0. The molecule has 124 valence electrons. The van der Waals surface area contributed by atoms with E-state index in [2.05, 4.69) is 6.92 Å². The molecule has 2 heterocycles. The fourth-order valence-electron chi connectivity index (χ4n) is 3.36. The van der Waals surface area contributed by atoms with E-state index >= 15 is 0 Å². The predicted octanol–water partition coefficient (Wildman–Crippen LogP) is 1.71. The molecule has 0 saturated carbocycles. The van der Waals surface area contributed by atoms with Crippen LogP contribution >= 0.6 is 0 Å². The van der Waals surface area contributed by atoms with E-state index in [-0.39, 0.29) is 24.3 Å². The maximum Gasteiger partial charge on any atom is 0.242 e. The second kappa shape index (κ2) is 7.02. The van der Waals surface area contributed by atoms with Gasteiger partial charge in [-0.3, -0.25) is 9.59 Å². The number of fused-ring (bicyclic) bond motifs is 1. The number of benzene rings is 1. The Balaban J connectivity index is 1.65. The average Bonchev–Trinajstić information content (AvgIpc) is 2.76. The number of hydrogen-bond acceptors (Lipinski definition) is 3. The lowest BCUT2D eigenvalue weighted by Crippen LogP contribution is -2.44. The summed E-state index contributed by atoms with van der Waals surface area (Å²) in [5.74, 6) is 0.800. The molecule has 0 radical (unpaired) electrons. The Labute approximate surface area is 137 Å². The van der Waals surface area contributed by atoms with Gasteiger partial charge in [-0.15, -0.1) is 0 Å². The highest BCUT2D eigenvalue weighted by atomic mass is 16.5. The van der Waals surface area contributed by atoms with Crippen molar-refractivity contribution < 1.29 is 14.3 Å². The summed E-state index contributed by atoms with van der Waals surface area (Å²) in [6.45, 7) is 4.86. The van der Waals surface area contributed by atoms with E-state index in [4.69, 9.17) is 4.74 Å². The van der Waals surface area contributed by atoms with Crippen LogP contribution in [0.5, 0.6) is 5.75 Å². The second-order valence-electron chi connectivity index (χ2n) is 6.31. The highest BCUT2D eigenvalue weighted by Gasteiger charge is 2.32. The van der Waals surface area contributed by atoms with E-state index < -0.39 is 0 Å². The average molecular weight is 316 g/mol. The monoisotopic (exact) mass is 316 g/mol. The largest absolute Gasteiger partial charge is 0.492 e. The molecule has 2 amide bonds. The summed E-state index contributed by atoms with van der Waals surface area (Å²) < 4.78 is 5.72. The lowest BCUT2D eigenvalue weighted by atomic mass is 9.95. The molecule has 1 aromatic carbocycles. The van der Waals surface area contributed by atoms with Crippen LogP contribution in [0.4, 0.5) is 0 Å². The molecule has 5 heteroatoms. The summed E-state index contributed by atoms with van der Waals surface area (Å²) in [5, 5.41) is 0. The van der Waals surface area contributed by atoms with Crippen molar-refractivity contribution >= 4 is 11.8 Å². The van der Waals surface area contributed by atoms with Gasteiger partial charge in [-0.05, 0) is 30.9 Å². The maximum absolute atomic E-state index is 12.8. The second-order valence-corrected chi connectivity index (χ2v) is 6.31. The number of amides is 2. The maximum atomic E-state index is 12.8. The van der Waals surface area contributed by atoms with E-state index in [1.807, 2.05) is 29.2 Å².